The topological polar surface area (TPSA) is 83.0 Å². The third kappa shape index (κ3) is 5.98. The van der Waals surface area contributed by atoms with Crippen LogP contribution in [0.1, 0.15) is 17.5 Å². The minimum absolute atomic E-state index is 0.00641. The van der Waals surface area contributed by atoms with E-state index >= 15 is 0 Å². The first-order valence-corrected chi connectivity index (χ1v) is 10.1. The number of sulfonamides is 1. The number of rotatable bonds is 7. The molecule has 2 rings (SSSR count). The van der Waals surface area contributed by atoms with E-state index in [-0.39, 0.29) is 5.75 Å². The molecule has 0 aliphatic carbocycles. The first kappa shape index (κ1) is 19.7. The molecule has 25 heavy (non-hydrogen) atoms. The Bertz CT molecular complexity index is 674. The van der Waals surface area contributed by atoms with E-state index < -0.39 is 10.0 Å². The lowest BCUT2D eigenvalue weighted by atomic mass is 10.1. The smallest absolute Gasteiger partial charge is 0.215 e. The van der Waals surface area contributed by atoms with Gasteiger partial charge in [0.15, 0.2) is 5.96 Å². The zero-order chi connectivity index (χ0) is 18.3. The molecule has 1 aromatic rings. The number of hydrogen-bond donors (Lipinski definition) is 2. The van der Waals surface area contributed by atoms with Crippen molar-refractivity contribution in [1.82, 2.24) is 14.9 Å². The Balaban J connectivity index is 1.87. The Morgan fingerprint density at radius 2 is 2.00 bits per heavy atom. The third-order valence-electron chi connectivity index (χ3n) is 4.34. The molecule has 1 aliphatic rings. The predicted molar refractivity (Wildman–Crippen MR) is 99.9 cm³/mol. The first-order chi connectivity index (χ1) is 12.0. The zero-order valence-electron chi connectivity index (χ0n) is 15.2. The summed E-state index contributed by atoms with van der Waals surface area (Å²) in [6.45, 7) is 3.37. The number of nitrogens with zero attached hydrogens (tertiary/aromatic N) is 2. The van der Waals surface area contributed by atoms with Crippen LogP contribution in [0.2, 0.25) is 0 Å². The summed E-state index contributed by atoms with van der Waals surface area (Å²) in [5, 5.41) is 3.37. The molecule has 1 aromatic carbocycles. The molecule has 1 heterocycles. The molecule has 1 fully saturated rings. The van der Waals surface area contributed by atoms with Crippen molar-refractivity contribution in [3.63, 3.8) is 0 Å². The minimum Gasteiger partial charge on any atom is -0.384 e. The molecule has 1 saturated heterocycles. The van der Waals surface area contributed by atoms with Gasteiger partial charge >= 0.3 is 0 Å². The highest BCUT2D eigenvalue weighted by Crippen LogP contribution is 2.16. The van der Waals surface area contributed by atoms with Crippen LogP contribution in [0.15, 0.2) is 29.3 Å². The van der Waals surface area contributed by atoms with Gasteiger partial charge in [-0.2, -0.15) is 0 Å². The molecule has 0 bridgehead atoms. The molecule has 1 unspecified atom stereocenters. The van der Waals surface area contributed by atoms with E-state index in [4.69, 9.17) is 4.74 Å². The second-order valence-corrected chi connectivity index (χ2v) is 8.16. The highest BCUT2D eigenvalue weighted by Gasteiger charge is 2.24. The number of likely N-dealkylation sites (tertiary alicyclic amines) is 1. The maximum Gasteiger partial charge on any atom is 0.215 e. The monoisotopic (exact) mass is 368 g/mol. The van der Waals surface area contributed by atoms with Crippen LogP contribution in [0.25, 0.3) is 0 Å². The minimum atomic E-state index is -3.24. The lowest BCUT2D eigenvalue weighted by molar-refractivity contribution is 0.157. The second kappa shape index (κ2) is 9.17. The number of ether oxygens (including phenoxy) is 1. The van der Waals surface area contributed by atoms with E-state index in [1.807, 2.05) is 24.3 Å². The number of hydrogen-bond acceptors (Lipinski definition) is 4. The Labute approximate surface area is 150 Å². The Morgan fingerprint density at radius 1 is 1.32 bits per heavy atom. The number of benzene rings is 1. The number of methoxy groups -OCH3 is 1. The van der Waals surface area contributed by atoms with E-state index in [0.717, 1.165) is 43.2 Å². The predicted octanol–water partition coefficient (Wildman–Crippen LogP) is 0.780. The van der Waals surface area contributed by atoms with Crippen molar-refractivity contribution in [3.05, 3.63) is 35.4 Å². The highest BCUT2D eigenvalue weighted by molar-refractivity contribution is 7.88. The number of guanidine groups is 1. The molecule has 0 saturated carbocycles. The molecule has 0 spiro atoms. The van der Waals surface area contributed by atoms with Gasteiger partial charge in [0.2, 0.25) is 10.0 Å². The van der Waals surface area contributed by atoms with Crippen LogP contribution < -0.4 is 10.0 Å². The fourth-order valence-corrected chi connectivity index (χ4v) is 3.73. The van der Waals surface area contributed by atoms with Crippen LogP contribution in [0.5, 0.6) is 0 Å². The molecule has 140 valence electrons. The number of nitrogens with one attached hydrogen (secondary N) is 2. The number of aliphatic imine (C=N–C) groups is 1. The van der Waals surface area contributed by atoms with Crippen molar-refractivity contribution in [2.45, 2.75) is 18.7 Å². The summed E-state index contributed by atoms with van der Waals surface area (Å²) in [6, 6.07) is 7.58. The van der Waals surface area contributed by atoms with Crippen LogP contribution in [0, 0.1) is 5.92 Å². The van der Waals surface area contributed by atoms with Crippen LogP contribution in [-0.2, 0) is 27.1 Å². The molecular weight excluding hydrogens is 340 g/mol. The summed E-state index contributed by atoms with van der Waals surface area (Å²) < 4.78 is 30.7. The van der Waals surface area contributed by atoms with Crippen molar-refractivity contribution < 1.29 is 13.2 Å². The van der Waals surface area contributed by atoms with Gasteiger partial charge in [-0.15, -0.1) is 0 Å². The van der Waals surface area contributed by atoms with Crippen LogP contribution in [-0.4, -0.2) is 60.2 Å². The Hall–Kier alpha value is -1.64. The lowest BCUT2D eigenvalue weighted by Gasteiger charge is -2.21. The first-order valence-electron chi connectivity index (χ1n) is 8.41. The largest absolute Gasteiger partial charge is 0.384 e. The summed E-state index contributed by atoms with van der Waals surface area (Å²) in [5.41, 5.74) is 1.85. The lowest BCUT2D eigenvalue weighted by Crippen LogP contribution is -2.39. The van der Waals surface area contributed by atoms with Crippen molar-refractivity contribution in [2.24, 2.45) is 10.9 Å². The standard InChI is InChI=1S/C17H28N4O3S/c1-18-17(21-9-8-16(11-21)12-24-3)20-10-14-4-6-15(7-5-14)13-25(22,23)19-2/h4-7,16,19H,8-13H2,1-3H3,(H,18,20). The van der Waals surface area contributed by atoms with E-state index in [9.17, 15) is 8.42 Å². The van der Waals surface area contributed by atoms with Gasteiger partial charge in [-0.05, 0) is 24.6 Å². The van der Waals surface area contributed by atoms with E-state index in [1.54, 1.807) is 14.2 Å². The average Bonchev–Trinajstić information content (AvgIpc) is 3.05. The molecule has 0 aromatic heterocycles. The van der Waals surface area contributed by atoms with Crippen LogP contribution in [0.3, 0.4) is 0 Å². The quantitative estimate of drug-likeness (QED) is 0.549. The van der Waals surface area contributed by atoms with Gasteiger partial charge in [0.05, 0.1) is 12.4 Å². The molecule has 7 nitrogen and oxygen atoms in total. The summed E-state index contributed by atoms with van der Waals surface area (Å²) in [6.07, 6.45) is 1.11. The molecule has 2 N–H and O–H groups in total. The molecule has 8 heteroatoms. The van der Waals surface area contributed by atoms with Gasteiger partial charge in [0.1, 0.15) is 0 Å². The maximum absolute atomic E-state index is 11.6. The van der Waals surface area contributed by atoms with E-state index in [2.05, 4.69) is 19.9 Å². The fourth-order valence-electron chi connectivity index (χ4n) is 2.96. The maximum atomic E-state index is 11.6. The normalized spacial score (nSPS) is 18.6. The van der Waals surface area contributed by atoms with Gasteiger partial charge < -0.3 is 15.0 Å². The zero-order valence-corrected chi connectivity index (χ0v) is 16.0. The SMILES string of the molecule is CN=C(NCc1ccc(CS(=O)(=O)NC)cc1)N1CCC(COC)C1. The molecule has 1 atom stereocenters. The summed E-state index contributed by atoms with van der Waals surface area (Å²) >= 11 is 0. The van der Waals surface area contributed by atoms with E-state index in [1.165, 1.54) is 7.05 Å². The molecule has 0 radical (unpaired) electrons. The average molecular weight is 369 g/mol. The van der Waals surface area contributed by atoms with Crippen LogP contribution >= 0.6 is 0 Å². The summed E-state index contributed by atoms with van der Waals surface area (Å²) in [4.78, 5) is 6.61. The van der Waals surface area contributed by atoms with Gasteiger partial charge in [0.25, 0.3) is 0 Å². The van der Waals surface area contributed by atoms with Crippen LogP contribution in [0.4, 0.5) is 0 Å². The van der Waals surface area contributed by atoms with Crippen molar-refractivity contribution in [3.8, 4) is 0 Å². The van der Waals surface area contributed by atoms with Gasteiger partial charge in [-0.1, -0.05) is 24.3 Å². The molecule has 0 amide bonds. The summed E-state index contributed by atoms with van der Waals surface area (Å²) in [5.74, 6) is 1.44. The van der Waals surface area contributed by atoms with Gasteiger partial charge in [-0.25, -0.2) is 13.1 Å². The highest BCUT2D eigenvalue weighted by atomic mass is 32.2. The van der Waals surface area contributed by atoms with Crippen molar-refractivity contribution in [2.75, 3.05) is 40.9 Å². The molecule has 1 aliphatic heterocycles. The second-order valence-electron chi connectivity index (χ2n) is 6.24. The molecular formula is C17H28N4O3S. The fraction of sp³-hybridized carbons (Fsp3) is 0.588. The third-order valence-corrected chi connectivity index (χ3v) is 5.68. The van der Waals surface area contributed by atoms with Gasteiger partial charge in [-0.3, -0.25) is 4.99 Å². The van der Waals surface area contributed by atoms with Crippen molar-refractivity contribution in [1.29, 1.82) is 0 Å². The Morgan fingerprint density at radius 3 is 2.60 bits per heavy atom. The van der Waals surface area contributed by atoms with E-state index in [0.29, 0.717) is 12.5 Å². The van der Waals surface area contributed by atoms with Gasteiger partial charge in [0, 0.05) is 39.7 Å². The summed E-state index contributed by atoms with van der Waals surface area (Å²) in [7, 11) is 1.71. The Kier molecular flexibility index (Phi) is 7.22. The van der Waals surface area contributed by atoms with Crippen molar-refractivity contribution >= 4 is 16.0 Å².